The smallest absolute Gasteiger partial charge is 0.338 e. The van der Waals surface area contributed by atoms with Gasteiger partial charge in [-0.15, -0.1) is 0 Å². The first-order chi connectivity index (χ1) is 17.2. The molecule has 1 aliphatic heterocycles. The van der Waals surface area contributed by atoms with Crippen LogP contribution in [0.5, 0.6) is 0 Å². The number of imidazole rings is 1. The number of rotatable bonds is 4. The van der Waals surface area contributed by atoms with Gasteiger partial charge in [-0.05, 0) is 49.2 Å². The van der Waals surface area contributed by atoms with Gasteiger partial charge in [0.15, 0.2) is 4.80 Å². The number of hydrogen-bond acceptors (Lipinski definition) is 6. The van der Waals surface area contributed by atoms with Crippen LogP contribution in [0.3, 0.4) is 0 Å². The lowest BCUT2D eigenvalue weighted by atomic mass is 9.96. The third-order valence-electron chi connectivity index (χ3n) is 6.31. The average Bonchev–Trinajstić information content (AvgIpc) is 3.26. The molecule has 36 heavy (non-hydrogen) atoms. The van der Waals surface area contributed by atoms with E-state index in [1.165, 1.54) is 15.9 Å². The molecule has 0 bridgehead atoms. The molecule has 184 valence electrons. The second-order valence-electron chi connectivity index (χ2n) is 8.47. The van der Waals surface area contributed by atoms with Crippen molar-refractivity contribution in [3.8, 4) is 0 Å². The fourth-order valence-electron chi connectivity index (χ4n) is 4.55. The normalized spacial score (nSPS) is 15.8. The summed E-state index contributed by atoms with van der Waals surface area (Å²) < 4.78 is 10.4. The van der Waals surface area contributed by atoms with E-state index in [0.29, 0.717) is 25.6 Å². The van der Waals surface area contributed by atoms with E-state index in [9.17, 15) is 14.4 Å². The average molecular weight is 523 g/mol. The van der Waals surface area contributed by atoms with Gasteiger partial charge in [0, 0.05) is 19.1 Å². The van der Waals surface area contributed by atoms with E-state index in [1.54, 1.807) is 61.4 Å². The topological polar surface area (TPSA) is 87.6 Å². The number of nitrogens with zero attached hydrogens (tertiary/aromatic N) is 4. The van der Waals surface area contributed by atoms with E-state index in [1.807, 2.05) is 24.3 Å². The van der Waals surface area contributed by atoms with Crippen molar-refractivity contribution in [3.05, 3.63) is 100 Å². The maximum Gasteiger partial charge on any atom is 0.338 e. The van der Waals surface area contributed by atoms with E-state index in [2.05, 4.69) is 4.99 Å². The summed E-state index contributed by atoms with van der Waals surface area (Å²) in [5.41, 5.74) is 3.29. The third kappa shape index (κ3) is 3.75. The minimum Gasteiger partial charge on any atom is -0.463 e. The Morgan fingerprint density at radius 1 is 1.14 bits per heavy atom. The fourth-order valence-corrected chi connectivity index (χ4v) is 5.83. The van der Waals surface area contributed by atoms with E-state index in [4.69, 9.17) is 16.3 Å². The van der Waals surface area contributed by atoms with Gasteiger partial charge in [-0.25, -0.2) is 14.6 Å². The Kier molecular flexibility index (Phi) is 6.05. The third-order valence-corrected chi connectivity index (χ3v) is 7.64. The van der Waals surface area contributed by atoms with Crippen LogP contribution in [0.2, 0.25) is 5.02 Å². The second-order valence-corrected chi connectivity index (χ2v) is 9.89. The maximum absolute atomic E-state index is 13.7. The highest BCUT2D eigenvalue weighted by Gasteiger charge is 2.34. The molecule has 0 N–H and O–H groups in total. The minimum atomic E-state index is -0.770. The second kappa shape index (κ2) is 9.07. The molecule has 1 aliphatic rings. The molecule has 0 radical (unpaired) electrons. The summed E-state index contributed by atoms with van der Waals surface area (Å²) in [7, 11) is 3.44. The highest BCUT2D eigenvalue weighted by molar-refractivity contribution is 7.07. The lowest BCUT2D eigenvalue weighted by molar-refractivity contribution is -0.139. The van der Waals surface area contributed by atoms with Gasteiger partial charge < -0.3 is 4.74 Å². The molecule has 0 amide bonds. The summed E-state index contributed by atoms with van der Waals surface area (Å²) in [5.74, 6) is -0.534. The molecule has 0 spiro atoms. The molecule has 1 atom stereocenters. The molecular weight excluding hydrogens is 500 g/mol. The number of thiazole rings is 1. The zero-order valence-corrected chi connectivity index (χ0v) is 21.7. The van der Waals surface area contributed by atoms with Gasteiger partial charge in [-0.2, -0.15) is 0 Å². The van der Waals surface area contributed by atoms with Crippen molar-refractivity contribution in [1.29, 1.82) is 0 Å². The predicted octanol–water partition coefficient (Wildman–Crippen LogP) is 2.64. The number of esters is 1. The number of allylic oxidation sites excluding steroid dienone is 1. The van der Waals surface area contributed by atoms with Crippen LogP contribution in [0, 0.1) is 0 Å². The zero-order chi connectivity index (χ0) is 25.7. The Balaban J connectivity index is 1.74. The van der Waals surface area contributed by atoms with Gasteiger partial charge in [0.1, 0.15) is 6.04 Å². The van der Waals surface area contributed by atoms with Crippen LogP contribution in [0.1, 0.15) is 31.0 Å². The first-order valence-electron chi connectivity index (χ1n) is 11.3. The number of carbonyl (C=O) groups is 1. The molecule has 10 heteroatoms. The molecule has 0 fully saturated rings. The van der Waals surface area contributed by atoms with Gasteiger partial charge in [-0.1, -0.05) is 47.2 Å². The Hall–Kier alpha value is -3.69. The van der Waals surface area contributed by atoms with E-state index in [0.717, 1.165) is 16.6 Å². The highest BCUT2D eigenvalue weighted by Crippen LogP contribution is 2.34. The molecule has 2 aromatic carbocycles. The van der Waals surface area contributed by atoms with Gasteiger partial charge in [-0.3, -0.25) is 18.5 Å². The van der Waals surface area contributed by atoms with Crippen LogP contribution in [-0.2, 0) is 23.6 Å². The number of carbonyl (C=O) groups excluding carboxylic acids is 1. The molecule has 4 aromatic rings. The largest absolute Gasteiger partial charge is 0.463 e. The van der Waals surface area contributed by atoms with Crippen molar-refractivity contribution in [2.75, 3.05) is 6.61 Å². The summed E-state index contributed by atoms with van der Waals surface area (Å²) in [6.45, 7) is 3.66. The molecule has 8 nitrogen and oxygen atoms in total. The molecular formula is C26H23ClN4O4S. The van der Waals surface area contributed by atoms with Crippen LogP contribution in [-0.4, -0.2) is 26.3 Å². The minimum absolute atomic E-state index is 0.122. The van der Waals surface area contributed by atoms with Crippen LogP contribution < -0.4 is 20.6 Å². The summed E-state index contributed by atoms with van der Waals surface area (Å²) in [5, 5.41) is 0.434. The maximum atomic E-state index is 13.7. The first-order valence-corrected chi connectivity index (χ1v) is 12.5. The van der Waals surface area contributed by atoms with Crippen LogP contribution in [0.25, 0.3) is 17.1 Å². The number of ether oxygens (including phenoxy) is 1. The van der Waals surface area contributed by atoms with Crippen LogP contribution in [0.15, 0.2) is 68.3 Å². The molecule has 5 rings (SSSR count). The number of halogens is 1. The lowest BCUT2D eigenvalue weighted by Crippen LogP contribution is -2.40. The van der Waals surface area contributed by atoms with Gasteiger partial charge in [0.05, 0.1) is 33.4 Å². The van der Waals surface area contributed by atoms with Gasteiger partial charge >= 0.3 is 11.7 Å². The van der Waals surface area contributed by atoms with E-state index in [-0.39, 0.29) is 23.4 Å². The highest BCUT2D eigenvalue weighted by atomic mass is 35.5. The van der Waals surface area contributed by atoms with Crippen LogP contribution in [0.4, 0.5) is 0 Å². The number of hydrogen-bond donors (Lipinski definition) is 0. The lowest BCUT2D eigenvalue weighted by Gasteiger charge is -2.25. The van der Waals surface area contributed by atoms with Crippen molar-refractivity contribution in [2.24, 2.45) is 19.1 Å². The number of benzene rings is 2. The monoisotopic (exact) mass is 522 g/mol. The Bertz CT molecular complexity index is 1820. The van der Waals surface area contributed by atoms with Crippen molar-refractivity contribution < 1.29 is 9.53 Å². The Labute approximate surface area is 214 Å². The summed E-state index contributed by atoms with van der Waals surface area (Å²) in [4.78, 5) is 44.1. The number of aromatic nitrogens is 3. The van der Waals surface area contributed by atoms with Crippen molar-refractivity contribution >= 4 is 46.0 Å². The summed E-state index contributed by atoms with van der Waals surface area (Å²) >= 11 is 7.77. The summed E-state index contributed by atoms with van der Waals surface area (Å²) in [6, 6.07) is 12.0. The Morgan fingerprint density at radius 2 is 1.86 bits per heavy atom. The van der Waals surface area contributed by atoms with Gasteiger partial charge in [0.2, 0.25) is 0 Å². The van der Waals surface area contributed by atoms with E-state index >= 15 is 0 Å². The fraction of sp³-hybridized carbons (Fsp3) is 0.231. The Morgan fingerprint density at radius 3 is 2.58 bits per heavy atom. The standard InChI is InChI=1S/C26H23ClN4O4S/c1-5-35-24(33)21-14(2)28-25-31(22(21)16-8-6-7-9-17(16)27)23(32)20(36-25)13-15-10-11-18-19(12-15)30(4)26(34)29(18)3/h6-13,22H,5H2,1-4H3/b20-13-/t22-/m0/s1. The number of aryl methyl sites for hydroxylation is 2. The molecule has 0 saturated carbocycles. The number of fused-ring (bicyclic) bond motifs is 2. The molecule has 2 aromatic heterocycles. The first kappa shape index (κ1) is 24.0. The van der Waals surface area contributed by atoms with E-state index < -0.39 is 12.0 Å². The quantitative estimate of drug-likeness (QED) is 0.385. The van der Waals surface area contributed by atoms with Crippen molar-refractivity contribution in [3.63, 3.8) is 0 Å². The molecule has 0 aliphatic carbocycles. The molecule has 3 heterocycles. The van der Waals surface area contributed by atoms with Gasteiger partial charge in [0.25, 0.3) is 5.56 Å². The zero-order valence-electron chi connectivity index (χ0n) is 20.1. The predicted molar refractivity (Wildman–Crippen MR) is 140 cm³/mol. The van der Waals surface area contributed by atoms with Crippen molar-refractivity contribution in [1.82, 2.24) is 13.7 Å². The van der Waals surface area contributed by atoms with Crippen LogP contribution >= 0.6 is 22.9 Å². The SMILES string of the molecule is CCOC(=O)C1=C(C)N=c2s/c(=C\c3ccc4c(c3)n(C)c(=O)n4C)c(=O)n2[C@H]1c1ccccc1Cl. The summed E-state index contributed by atoms with van der Waals surface area (Å²) in [6.07, 6.45) is 1.77. The molecule has 0 saturated heterocycles. The van der Waals surface area contributed by atoms with Crippen molar-refractivity contribution in [2.45, 2.75) is 19.9 Å². The molecule has 0 unspecified atom stereocenters.